The van der Waals surface area contributed by atoms with Crippen LogP contribution in [0, 0.1) is 5.41 Å². The lowest BCUT2D eigenvalue weighted by Crippen LogP contribution is -2.53. The van der Waals surface area contributed by atoms with Crippen LogP contribution in [0.15, 0.2) is 0 Å². The molecule has 0 aromatic rings. The van der Waals surface area contributed by atoms with Crippen molar-refractivity contribution in [2.45, 2.75) is 32.7 Å². The monoisotopic (exact) mass is 258 g/mol. The number of ether oxygens (including phenoxy) is 2. The minimum Gasteiger partial charge on any atom is -0.383 e. The van der Waals surface area contributed by atoms with Gasteiger partial charge in [0.25, 0.3) is 0 Å². The van der Waals surface area contributed by atoms with Crippen LogP contribution < -0.4 is 5.32 Å². The van der Waals surface area contributed by atoms with Gasteiger partial charge in [0.1, 0.15) is 0 Å². The van der Waals surface area contributed by atoms with Crippen molar-refractivity contribution >= 4 is 0 Å². The van der Waals surface area contributed by atoms with Crippen molar-refractivity contribution in [3.05, 3.63) is 0 Å². The molecule has 108 valence electrons. The SMILES string of the molecule is COCCN(CCOC)CC1NCCCC1(C)C. The fourth-order valence-electron chi connectivity index (χ4n) is 2.58. The third-order valence-corrected chi connectivity index (χ3v) is 4.00. The molecule has 4 nitrogen and oxygen atoms in total. The van der Waals surface area contributed by atoms with E-state index in [0.29, 0.717) is 11.5 Å². The second-order valence-electron chi connectivity index (χ2n) is 5.89. The van der Waals surface area contributed by atoms with Crippen molar-refractivity contribution in [1.82, 2.24) is 10.2 Å². The third-order valence-electron chi connectivity index (χ3n) is 4.00. The van der Waals surface area contributed by atoms with Gasteiger partial charge in [0, 0.05) is 39.9 Å². The van der Waals surface area contributed by atoms with Gasteiger partial charge in [-0.2, -0.15) is 0 Å². The molecule has 0 aromatic carbocycles. The predicted molar refractivity (Wildman–Crippen MR) is 75.0 cm³/mol. The van der Waals surface area contributed by atoms with E-state index in [4.69, 9.17) is 9.47 Å². The molecule has 0 radical (unpaired) electrons. The minimum absolute atomic E-state index is 0.386. The van der Waals surface area contributed by atoms with Crippen LogP contribution in [0.25, 0.3) is 0 Å². The summed E-state index contributed by atoms with van der Waals surface area (Å²) in [6, 6.07) is 0.569. The van der Waals surface area contributed by atoms with Crippen LogP contribution in [0.1, 0.15) is 26.7 Å². The van der Waals surface area contributed by atoms with E-state index in [-0.39, 0.29) is 0 Å². The highest BCUT2D eigenvalue weighted by molar-refractivity contribution is 4.90. The van der Waals surface area contributed by atoms with E-state index in [1.54, 1.807) is 14.2 Å². The summed E-state index contributed by atoms with van der Waals surface area (Å²) < 4.78 is 10.4. The Balaban J connectivity index is 2.46. The van der Waals surface area contributed by atoms with Gasteiger partial charge in [-0.1, -0.05) is 13.8 Å². The lowest BCUT2D eigenvalue weighted by molar-refractivity contribution is 0.0795. The van der Waals surface area contributed by atoms with Crippen LogP contribution in [0.2, 0.25) is 0 Å². The third kappa shape index (κ3) is 5.22. The Morgan fingerprint density at radius 3 is 2.28 bits per heavy atom. The number of nitrogens with zero attached hydrogens (tertiary/aromatic N) is 1. The Morgan fingerprint density at radius 2 is 1.78 bits per heavy atom. The predicted octanol–water partition coefficient (Wildman–Crippen LogP) is 1.36. The van der Waals surface area contributed by atoms with Gasteiger partial charge >= 0.3 is 0 Å². The van der Waals surface area contributed by atoms with E-state index in [2.05, 4.69) is 24.1 Å². The van der Waals surface area contributed by atoms with Gasteiger partial charge in [0.05, 0.1) is 13.2 Å². The Bertz CT molecular complexity index is 214. The fraction of sp³-hybridized carbons (Fsp3) is 1.00. The van der Waals surface area contributed by atoms with Crippen LogP contribution in [0.5, 0.6) is 0 Å². The normalized spacial score (nSPS) is 23.5. The summed E-state index contributed by atoms with van der Waals surface area (Å²) >= 11 is 0. The maximum Gasteiger partial charge on any atom is 0.0589 e. The van der Waals surface area contributed by atoms with Gasteiger partial charge < -0.3 is 14.8 Å². The molecule has 1 aliphatic rings. The highest BCUT2D eigenvalue weighted by Gasteiger charge is 2.32. The van der Waals surface area contributed by atoms with Crippen molar-refractivity contribution < 1.29 is 9.47 Å². The molecule has 1 heterocycles. The van der Waals surface area contributed by atoms with E-state index in [9.17, 15) is 0 Å². The van der Waals surface area contributed by atoms with Gasteiger partial charge in [0.2, 0.25) is 0 Å². The van der Waals surface area contributed by atoms with Crippen molar-refractivity contribution in [3.8, 4) is 0 Å². The van der Waals surface area contributed by atoms with Gasteiger partial charge in [0.15, 0.2) is 0 Å². The van der Waals surface area contributed by atoms with Crippen molar-refractivity contribution in [3.63, 3.8) is 0 Å². The number of hydrogen-bond acceptors (Lipinski definition) is 4. The van der Waals surface area contributed by atoms with Crippen LogP contribution in [-0.4, -0.2) is 64.6 Å². The number of hydrogen-bond donors (Lipinski definition) is 1. The van der Waals surface area contributed by atoms with E-state index in [0.717, 1.165) is 39.4 Å². The molecule has 1 atom stereocenters. The molecule has 1 aliphatic heterocycles. The molecule has 0 aromatic heterocycles. The highest BCUT2D eigenvalue weighted by atomic mass is 16.5. The summed E-state index contributed by atoms with van der Waals surface area (Å²) in [5.41, 5.74) is 0.386. The molecule has 0 aliphatic carbocycles. The lowest BCUT2D eigenvalue weighted by Gasteiger charge is -2.42. The second-order valence-corrected chi connectivity index (χ2v) is 5.89. The summed E-state index contributed by atoms with van der Waals surface area (Å²) in [6.45, 7) is 10.5. The standard InChI is InChI=1S/C14H30N2O2/c1-14(2)6-5-7-15-13(14)12-16(8-10-17-3)9-11-18-4/h13,15H,5-12H2,1-4H3. The summed E-state index contributed by atoms with van der Waals surface area (Å²) in [6.07, 6.45) is 2.60. The Hall–Kier alpha value is -0.160. The molecule has 0 saturated carbocycles. The fourth-order valence-corrected chi connectivity index (χ4v) is 2.58. The lowest BCUT2D eigenvalue weighted by atomic mass is 9.77. The first-order valence-corrected chi connectivity index (χ1v) is 7.04. The molecule has 4 heteroatoms. The van der Waals surface area contributed by atoms with E-state index in [1.807, 2.05) is 0 Å². The second kappa shape index (κ2) is 8.10. The first-order valence-electron chi connectivity index (χ1n) is 7.04. The number of methoxy groups -OCH3 is 2. The van der Waals surface area contributed by atoms with E-state index < -0.39 is 0 Å². The minimum atomic E-state index is 0.386. The molecule has 0 bridgehead atoms. The first kappa shape index (κ1) is 15.9. The van der Waals surface area contributed by atoms with Crippen molar-refractivity contribution in [2.24, 2.45) is 5.41 Å². The molecular weight excluding hydrogens is 228 g/mol. The summed E-state index contributed by atoms with van der Waals surface area (Å²) in [5.74, 6) is 0. The van der Waals surface area contributed by atoms with Gasteiger partial charge in [-0.25, -0.2) is 0 Å². The summed E-state index contributed by atoms with van der Waals surface area (Å²) in [5, 5.41) is 3.67. The zero-order chi connectivity index (χ0) is 13.4. The zero-order valence-electron chi connectivity index (χ0n) is 12.5. The number of nitrogens with one attached hydrogen (secondary N) is 1. The largest absolute Gasteiger partial charge is 0.383 e. The highest BCUT2D eigenvalue weighted by Crippen LogP contribution is 2.30. The van der Waals surface area contributed by atoms with Gasteiger partial charge in [-0.15, -0.1) is 0 Å². The van der Waals surface area contributed by atoms with Crippen LogP contribution in [-0.2, 0) is 9.47 Å². The number of rotatable bonds is 8. The van der Waals surface area contributed by atoms with Gasteiger partial charge in [-0.05, 0) is 24.8 Å². The van der Waals surface area contributed by atoms with Crippen molar-refractivity contribution in [1.29, 1.82) is 0 Å². The van der Waals surface area contributed by atoms with Crippen LogP contribution >= 0.6 is 0 Å². The molecule has 1 rings (SSSR count). The molecule has 18 heavy (non-hydrogen) atoms. The summed E-state index contributed by atoms with van der Waals surface area (Å²) in [4.78, 5) is 2.44. The zero-order valence-corrected chi connectivity index (χ0v) is 12.5. The molecule has 0 amide bonds. The maximum atomic E-state index is 5.19. The first-order chi connectivity index (χ1) is 8.60. The maximum absolute atomic E-state index is 5.19. The number of piperidine rings is 1. The summed E-state index contributed by atoms with van der Waals surface area (Å²) in [7, 11) is 3.52. The Morgan fingerprint density at radius 1 is 1.17 bits per heavy atom. The van der Waals surface area contributed by atoms with E-state index >= 15 is 0 Å². The van der Waals surface area contributed by atoms with Crippen LogP contribution in [0.3, 0.4) is 0 Å². The van der Waals surface area contributed by atoms with Crippen molar-refractivity contribution in [2.75, 3.05) is 53.6 Å². The average molecular weight is 258 g/mol. The molecule has 0 spiro atoms. The molecule has 1 N–H and O–H groups in total. The Labute approximate surface area is 112 Å². The molecule has 1 unspecified atom stereocenters. The molecular formula is C14H30N2O2. The topological polar surface area (TPSA) is 33.7 Å². The quantitative estimate of drug-likeness (QED) is 0.713. The smallest absolute Gasteiger partial charge is 0.0589 e. The van der Waals surface area contributed by atoms with E-state index in [1.165, 1.54) is 12.8 Å². The Kier molecular flexibility index (Phi) is 7.15. The van der Waals surface area contributed by atoms with Crippen LogP contribution in [0.4, 0.5) is 0 Å². The van der Waals surface area contributed by atoms with Gasteiger partial charge in [-0.3, -0.25) is 4.90 Å². The molecule has 1 fully saturated rings. The molecule has 1 saturated heterocycles. The average Bonchev–Trinajstić information content (AvgIpc) is 2.34.